The molecule has 1 aromatic rings. The van der Waals surface area contributed by atoms with Gasteiger partial charge in [-0.2, -0.15) is 0 Å². The minimum absolute atomic E-state index is 0.196. The monoisotopic (exact) mass is 186 g/mol. The van der Waals surface area contributed by atoms with Gasteiger partial charge in [-0.3, -0.25) is 0 Å². The zero-order valence-electron chi connectivity index (χ0n) is 6.67. The van der Waals surface area contributed by atoms with Gasteiger partial charge in [-0.05, 0) is 18.6 Å². The molecule has 0 saturated heterocycles. The van der Waals surface area contributed by atoms with Crippen molar-refractivity contribution >= 4 is 17.6 Å². The molecule has 64 valence electrons. The van der Waals surface area contributed by atoms with Gasteiger partial charge in [-0.15, -0.1) is 10.2 Å². The summed E-state index contributed by atoms with van der Waals surface area (Å²) in [6.45, 7) is 1.72. The van der Waals surface area contributed by atoms with Gasteiger partial charge >= 0.3 is 5.97 Å². The van der Waals surface area contributed by atoms with Crippen molar-refractivity contribution in [3.8, 4) is 0 Å². The number of esters is 1. The van der Waals surface area contributed by atoms with E-state index in [1.807, 2.05) is 0 Å². The maximum Gasteiger partial charge on any atom is 0.358 e. The summed E-state index contributed by atoms with van der Waals surface area (Å²) in [6, 6.07) is 1.56. The molecule has 0 spiro atoms. The number of rotatable bonds is 1. The van der Waals surface area contributed by atoms with Crippen LogP contribution in [0.4, 0.5) is 0 Å². The molecule has 0 aliphatic rings. The van der Waals surface area contributed by atoms with Gasteiger partial charge in [0.1, 0.15) is 0 Å². The van der Waals surface area contributed by atoms with Crippen LogP contribution in [0, 0.1) is 6.92 Å². The lowest BCUT2D eigenvalue weighted by molar-refractivity contribution is 0.0592. The number of aromatic nitrogens is 2. The van der Waals surface area contributed by atoms with E-state index < -0.39 is 5.97 Å². The first-order valence-corrected chi connectivity index (χ1v) is 3.61. The zero-order valence-corrected chi connectivity index (χ0v) is 7.42. The zero-order chi connectivity index (χ0) is 9.14. The standard InChI is InChI=1S/C7H7ClN2O2/c1-4-3-5(8)9-10-6(4)7(11)12-2/h3H,1-2H3. The van der Waals surface area contributed by atoms with E-state index in [1.165, 1.54) is 7.11 Å². The van der Waals surface area contributed by atoms with E-state index in [4.69, 9.17) is 11.6 Å². The van der Waals surface area contributed by atoms with Crippen LogP contribution in [0.1, 0.15) is 16.1 Å². The summed E-state index contributed by atoms with van der Waals surface area (Å²) < 4.78 is 4.47. The normalized spacial score (nSPS) is 9.58. The molecule has 0 atom stereocenters. The SMILES string of the molecule is COC(=O)c1nnc(Cl)cc1C. The van der Waals surface area contributed by atoms with Gasteiger partial charge in [0.05, 0.1) is 7.11 Å². The molecule has 1 heterocycles. The van der Waals surface area contributed by atoms with Crippen LogP contribution >= 0.6 is 11.6 Å². The molecule has 0 N–H and O–H groups in total. The lowest BCUT2D eigenvalue weighted by atomic mass is 10.2. The fraction of sp³-hybridized carbons (Fsp3) is 0.286. The molecule has 0 saturated carbocycles. The van der Waals surface area contributed by atoms with E-state index in [9.17, 15) is 4.79 Å². The molecule has 0 radical (unpaired) electrons. The van der Waals surface area contributed by atoms with E-state index in [0.29, 0.717) is 5.56 Å². The fourth-order valence-electron chi connectivity index (χ4n) is 0.751. The maximum atomic E-state index is 11.0. The van der Waals surface area contributed by atoms with Crippen LogP contribution in [0.3, 0.4) is 0 Å². The highest BCUT2D eigenvalue weighted by atomic mass is 35.5. The van der Waals surface area contributed by atoms with Crippen LogP contribution in [-0.4, -0.2) is 23.3 Å². The number of carbonyl (C=O) groups is 1. The second-order valence-corrected chi connectivity index (χ2v) is 2.58. The molecular weight excluding hydrogens is 180 g/mol. The van der Waals surface area contributed by atoms with Gasteiger partial charge in [0, 0.05) is 0 Å². The van der Waals surface area contributed by atoms with E-state index in [2.05, 4.69) is 14.9 Å². The summed E-state index contributed by atoms with van der Waals surface area (Å²) >= 11 is 5.54. The third kappa shape index (κ3) is 1.71. The van der Waals surface area contributed by atoms with Crippen LogP contribution in [0.25, 0.3) is 0 Å². The van der Waals surface area contributed by atoms with Crippen LogP contribution in [0.2, 0.25) is 5.15 Å². The Morgan fingerprint density at radius 1 is 1.58 bits per heavy atom. The molecule has 12 heavy (non-hydrogen) atoms. The van der Waals surface area contributed by atoms with Crippen molar-refractivity contribution in [2.45, 2.75) is 6.92 Å². The number of ether oxygens (including phenoxy) is 1. The molecule has 1 aromatic heterocycles. The quantitative estimate of drug-likeness (QED) is 0.619. The van der Waals surface area contributed by atoms with Gasteiger partial charge < -0.3 is 4.74 Å². The van der Waals surface area contributed by atoms with E-state index in [1.54, 1.807) is 13.0 Å². The minimum Gasteiger partial charge on any atom is -0.464 e. The average molecular weight is 187 g/mol. The second-order valence-electron chi connectivity index (χ2n) is 2.19. The van der Waals surface area contributed by atoms with E-state index in [0.717, 1.165) is 0 Å². The topological polar surface area (TPSA) is 52.1 Å². The van der Waals surface area contributed by atoms with Gasteiger partial charge in [0.25, 0.3) is 0 Å². The second kappa shape index (κ2) is 3.49. The summed E-state index contributed by atoms with van der Waals surface area (Å²) in [6.07, 6.45) is 0. The smallest absolute Gasteiger partial charge is 0.358 e. The van der Waals surface area contributed by atoms with Crippen molar-refractivity contribution in [2.75, 3.05) is 7.11 Å². The predicted molar refractivity (Wildman–Crippen MR) is 43.1 cm³/mol. The van der Waals surface area contributed by atoms with Crippen LogP contribution in [0.15, 0.2) is 6.07 Å². The highest BCUT2D eigenvalue weighted by Gasteiger charge is 2.11. The lowest BCUT2D eigenvalue weighted by Crippen LogP contribution is -2.07. The minimum atomic E-state index is -0.503. The number of aryl methyl sites for hydroxylation is 1. The third-order valence-corrected chi connectivity index (χ3v) is 1.52. The van der Waals surface area contributed by atoms with Gasteiger partial charge in [-0.1, -0.05) is 11.6 Å². The maximum absolute atomic E-state index is 11.0. The summed E-state index contributed by atoms with van der Waals surface area (Å²) in [5, 5.41) is 7.38. The highest BCUT2D eigenvalue weighted by molar-refractivity contribution is 6.29. The van der Waals surface area contributed by atoms with Crippen LogP contribution < -0.4 is 0 Å². The molecule has 0 unspecified atom stereocenters. The first kappa shape index (κ1) is 8.93. The number of hydrogen-bond donors (Lipinski definition) is 0. The summed E-state index contributed by atoms with van der Waals surface area (Å²) in [5.74, 6) is -0.503. The van der Waals surface area contributed by atoms with Gasteiger partial charge in [0.2, 0.25) is 0 Å². The first-order chi connectivity index (χ1) is 5.65. The highest BCUT2D eigenvalue weighted by Crippen LogP contribution is 2.09. The van der Waals surface area contributed by atoms with Crippen molar-refractivity contribution < 1.29 is 9.53 Å². The number of hydrogen-bond acceptors (Lipinski definition) is 4. The van der Waals surface area contributed by atoms with Gasteiger partial charge in [0.15, 0.2) is 10.8 Å². The molecule has 0 aliphatic heterocycles. The molecule has 0 bridgehead atoms. The number of methoxy groups -OCH3 is 1. The number of nitrogens with zero attached hydrogens (tertiary/aromatic N) is 2. The Balaban J connectivity index is 3.09. The Morgan fingerprint density at radius 2 is 2.25 bits per heavy atom. The average Bonchev–Trinajstić information content (AvgIpc) is 2.03. The first-order valence-electron chi connectivity index (χ1n) is 3.23. The Labute approximate surface area is 74.5 Å². The molecule has 4 nitrogen and oxygen atoms in total. The summed E-state index contributed by atoms with van der Waals surface area (Å²) in [7, 11) is 1.29. The lowest BCUT2D eigenvalue weighted by Gasteiger charge is -2.00. The molecule has 0 fully saturated rings. The van der Waals surface area contributed by atoms with Crippen molar-refractivity contribution in [3.05, 3.63) is 22.5 Å². The number of halogens is 1. The molecule has 5 heteroatoms. The Hall–Kier alpha value is -1.16. The Kier molecular flexibility index (Phi) is 2.60. The molecule has 0 aromatic carbocycles. The fourth-order valence-corrected chi connectivity index (χ4v) is 0.952. The van der Waals surface area contributed by atoms with Crippen molar-refractivity contribution in [3.63, 3.8) is 0 Å². The molecular formula is C7H7ClN2O2. The molecule has 0 amide bonds. The van der Waals surface area contributed by atoms with E-state index in [-0.39, 0.29) is 10.8 Å². The summed E-state index contributed by atoms with van der Waals surface area (Å²) in [5.41, 5.74) is 0.851. The van der Waals surface area contributed by atoms with E-state index >= 15 is 0 Å². The van der Waals surface area contributed by atoms with Crippen LogP contribution in [0.5, 0.6) is 0 Å². The van der Waals surface area contributed by atoms with Gasteiger partial charge in [-0.25, -0.2) is 4.79 Å². The third-order valence-electron chi connectivity index (χ3n) is 1.33. The van der Waals surface area contributed by atoms with Crippen molar-refractivity contribution in [1.29, 1.82) is 0 Å². The number of carbonyl (C=O) groups excluding carboxylic acids is 1. The van der Waals surface area contributed by atoms with Crippen molar-refractivity contribution in [2.24, 2.45) is 0 Å². The Morgan fingerprint density at radius 3 is 2.75 bits per heavy atom. The van der Waals surface area contributed by atoms with Crippen molar-refractivity contribution in [1.82, 2.24) is 10.2 Å². The molecule has 0 aliphatic carbocycles. The van der Waals surface area contributed by atoms with Crippen LogP contribution in [-0.2, 0) is 4.74 Å². The predicted octanol–water partition coefficient (Wildman–Crippen LogP) is 1.23. The Bertz CT molecular complexity index is 314. The summed E-state index contributed by atoms with van der Waals surface area (Å²) in [4.78, 5) is 11.0. The largest absolute Gasteiger partial charge is 0.464 e. The molecule has 1 rings (SSSR count).